The molecule has 0 atom stereocenters. The number of carbonyl (C=O) groups excluding carboxylic acids is 1. The molecule has 2 fully saturated rings. The Kier molecular flexibility index (Phi) is 4.62. The Morgan fingerprint density at radius 3 is 2.72 bits per heavy atom. The molecule has 1 saturated carbocycles. The largest absolute Gasteiger partial charge is 0.345 e. The molecule has 18 heavy (non-hydrogen) atoms. The summed E-state index contributed by atoms with van der Waals surface area (Å²) in [5.74, 6) is 0.268. The first-order chi connectivity index (χ1) is 8.68. The minimum absolute atomic E-state index is 0.265. The predicted molar refractivity (Wildman–Crippen MR) is 73.6 cm³/mol. The van der Waals surface area contributed by atoms with Crippen molar-refractivity contribution in [1.82, 2.24) is 15.1 Å². The molecule has 4 heteroatoms. The topological polar surface area (TPSA) is 35.6 Å². The number of hydrogen-bond acceptors (Lipinski definition) is 3. The molecule has 104 valence electrons. The van der Waals surface area contributed by atoms with Crippen molar-refractivity contribution >= 4 is 5.91 Å². The van der Waals surface area contributed by atoms with Gasteiger partial charge in [-0.15, -0.1) is 0 Å². The van der Waals surface area contributed by atoms with Crippen LogP contribution in [0, 0.1) is 0 Å². The number of hydrogen-bond donors (Lipinski definition) is 1. The second-order valence-corrected chi connectivity index (χ2v) is 5.79. The van der Waals surface area contributed by atoms with Crippen LogP contribution in [0.1, 0.15) is 39.0 Å². The number of likely N-dealkylation sites (N-methyl/N-ethyl adjacent to an activating group) is 1. The highest BCUT2D eigenvalue weighted by Crippen LogP contribution is 2.34. The summed E-state index contributed by atoms with van der Waals surface area (Å²) in [5, 5.41) is 3.53. The Hall–Kier alpha value is -0.610. The van der Waals surface area contributed by atoms with E-state index >= 15 is 0 Å². The van der Waals surface area contributed by atoms with Gasteiger partial charge in [0.2, 0.25) is 5.91 Å². The van der Waals surface area contributed by atoms with E-state index in [1.54, 1.807) is 0 Å². The molecule has 4 nitrogen and oxygen atoms in total. The fourth-order valence-corrected chi connectivity index (χ4v) is 3.29. The van der Waals surface area contributed by atoms with E-state index in [1.807, 2.05) is 18.9 Å². The second kappa shape index (κ2) is 6.02. The molecule has 1 spiro atoms. The van der Waals surface area contributed by atoms with Gasteiger partial charge in [0.25, 0.3) is 0 Å². The zero-order chi connectivity index (χ0) is 13.0. The summed E-state index contributed by atoms with van der Waals surface area (Å²) in [7, 11) is 1.90. The van der Waals surface area contributed by atoms with Crippen LogP contribution in [-0.2, 0) is 4.79 Å². The van der Waals surface area contributed by atoms with Crippen molar-refractivity contribution < 1.29 is 4.79 Å². The third-order valence-corrected chi connectivity index (χ3v) is 4.69. The van der Waals surface area contributed by atoms with Crippen LogP contribution in [0.3, 0.4) is 0 Å². The van der Waals surface area contributed by atoms with Crippen LogP contribution < -0.4 is 5.32 Å². The minimum Gasteiger partial charge on any atom is -0.345 e. The van der Waals surface area contributed by atoms with Crippen molar-refractivity contribution in [2.24, 2.45) is 0 Å². The van der Waals surface area contributed by atoms with Crippen molar-refractivity contribution in [1.29, 1.82) is 0 Å². The Bertz CT molecular complexity index is 278. The summed E-state index contributed by atoms with van der Waals surface area (Å²) in [4.78, 5) is 16.4. The van der Waals surface area contributed by atoms with Crippen molar-refractivity contribution in [3.05, 3.63) is 0 Å². The molecule has 1 amide bonds. The van der Waals surface area contributed by atoms with Gasteiger partial charge >= 0.3 is 0 Å². The van der Waals surface area contributed by atoms with Crippen LogP contribution in [-0.4, -0.2) is 61.0 Å². The van der Waals surface area contributed by atoms with Gasteiger partial charge in [0, 0.05) is 38.8 Å². The van der Waals surface area contributed by atoms with Crippen LogP contribution in [0.25, 0.3) is 0 Å². The zero-order valence-corrected chi connectivity index (χ0v) is 11.9. The highest BCUT2D eigenvalue weighted by atomic mass is 16.2. The van der Waals surface area contributed by atoms with Crippen molar-refractivity contribution in [3.8, 4) is 0 Å². The molecule has 0 aromatic rings. The summed E-state index contributed by atoms with van der Waals surface area (Å²) in [6.45, 7) is 6.54. The van der Waals surface area contributed by atoms with E-state index in [4.69, 9.17) is 0 Å². The Morgan fingerprint density at radius 1 is 1.33 bits per heavy atom. The van der Waals surface area contributed by atoms with E-state index in [2.05, 4.69) is 10.2 Å². The Morgan fingerprint density at radius 2 is 2.06 bits per heavy atom. The minimum atomic E-state index is 0.265. The smallest absolute Gasteiger partial charge is 0.236 e. The fourth-order valence-electron chi connectivity index (χ4n) is 3.29. The number of carbonyl (C=O) groups is 1. The lowest BCUT2D eigenvalue weighted by Crippen LogP contribution is -2.63. The number of piperazine rings is 1. The molecule has 0 radical (unpaired) electrons. The molecule has 0 aromatic heterocycles. The third kappa shape index (κ3) is 2.86. The van der Waals surface area contributed by atoms with Crippen LogP contribution in [0.2, 0.25) is 0 Å². The molecule has 0 bridgehead atoms. The molecule has 1 heterocycles. The van der Waals surface area contributed by atoms with E-state index in [1.165, 1.54) is 32.1 Å². The first kappa shape index (κ1) is 13.8. The summed E-state index contributed by atoms with van der Waals surface area (Å²) < 4.78 is 0. The first-order valence-electron chi connectivity index (χ1n) is 7.38. The van der Waals surface area contributed by atoms with Crippen molar-refractivity contribution in [3.63, 3.8) is 0 Å². The van der Waals surface area contributed by atoms with Gasteiger partial charge in [-0.3, -0.25) is 9.69 Å². The molecular formula is C14H27N3O. The van der Waals surface area contributed by atoms with E-state index in [0.29, 0.717) is 6.54 Å². The van der Waals surface area contributed by atoms with Crippen molar-refractivity contribution in [2.45, 2.75) is 44.6 Å². The second-order valence-electron chi connectivity index (χ2n) is 5.79. The molecular weight excluding hydrogens is 226 g/mol. The Balaban J connectivity index is 2.01. The highest BCUT2D eigenvalue weighted by molar-refractivity contribution is 5.78. The van der Waals surface area contributed by atoms with Gasteiger partial charge in [-0.25, -0.2) is 0 Å². The third-order valence-electron chi connectivity index (χ3n) is 4.69. The predicted octanol–water partition coefficient (Wildman–Crippen LogP) is 1.07. The summed E-state index contributed by atoms with van der Waals surface area (Å²) in [6.07, 6.45) is 6.50. The van der Waals surface area contributed by atoms with Gasteiger partial charge in [0.05, 0.1) is 6.54 Å². The lowest BCUT2D eigenvalue weighted by molar-refractivity contribution is -0.133. The molecule has 2 aliphatic rings. The molecule has 1 saturated heterocycles. The van der Waals surface area contributed by atoms with E-state index < -0.39 is 0 Å². The van der Waals surface area contributed by atoms with Gasteiger partial charge < -0.3 is 10.2 Å². The molecule has 2 rings (SSSR count). The lowest BCUT2D eigenvalue weighted by atomic mass is 9.79. The van der Waals surface area contributed by atoms with Gasteiger partial charge in [0.15, 0.2) is 0 Å². The maximum absolute atomic E-state index is 12.1. The summed E-state index contributed by atoms with van der Waals surface area (Å²) in [6, 6.07) is 0. The number of rotatable bonds is 3. The number of nitrogens with zero attached hydrogens (tertiary/aromatic N) is 2. The first-order valence-corrected chi connectivity index (χ1v) is 7.38. The quantitative estimate of drug-likeness (QED) is 0.817. The van der Waals surface area contributed by atoms with Crippen LogP contribution in [0.5, 0.6) is 0 Å². The fraction of sp³-hybridized carbons (Fsp3) is 0.929. The molecule has 1 aliphatic carbocycles. The molecule has 0 aromatic carbocycles. The van der Waals surface area contributed by atoms with Gasteiger partial charge in [-0.1, -0.05) is 19.3 Å². The maximum Gasteiger partial charge on any atom is 0.236 e. The van der Waals surface area contributed by atoms with Gasteiger partial charge in [0.1, 0.15) is 0 Å². The number of amides is 1. The number of nitrogens with one attached hydrogen (secondary N) is 1. The van der Waals surface area contributed by atoms with Crippen LogP contribution in [0.15, 0.2) is 0 Å². The molecule has 0 unspecified atom stereocenters. The highest BCUT2D eigenvalue weighted by Gasteiger charge is 2.40. The average Bonchev–Trinajstić information content (AvgIpc) is 2.41. The normalized spacial score (nSPS) is 24.1. The van der Waals surface area contributed by atoms with E-state index in [-0.39, 0.29) is 11.4 Å². The van der Waals surface area contributed by atoms with Crippen molar-refractivity contribution in [2.75, 3.05) is 39.8 Å². The Labute approximate surface area is 111 Å². The summed E-state index contributed by atoms with van der Waals surface area (Å²) >= 11 is 0. The zero-order valence-electron chi connectivity index (χ0n) is 11.9. The van der Waals surface area contributed by atoms with Gasteiger partial charge in [-0.05, 0) is 19.8 Å². The van der Waals surface area contributed by atoms with Gasteiger partial charge in [-0.2, -0.15) is 0 Å². The maximum atomic E-state index is 12.1. The average molecular weight is 253 g/mol. The van der Waals surface area contributed by atoms with E-state index in [9.17, 15) is 4.79 Å². The molecule has 1 N–H and O–H groups in total. The summed E-state index contributed by atoms with van der Waals surface area (Å²) in [5.41, 5.74) is 0.265. The standard InChI is InChI=1S/C14H27N3O/c1-3-16(2)13(18)11-17-10-9-15-12-14(17)7-5-4-6-8-14/h15H,3-12H2,1-2H3. The monoisotopic (exact) mass is 253 g/mol. The molecule has 1 aliphatic heterocycles. The SMILES string of the molecule is CCN(C)C(=O)CN1CCNCC12CCCCC2. The van der Waals surface area contributed by atoms with E-state index in [0.717, 1.165) is 26.2 Å². The lowest BCUT2D eigenvalue weighted by Gasteiger charge is -2.49. The van der Waals surface area contributed by atoms with Crippen LogP contribution >= 0.6 is 0 Å². The van der Waals surface area contributed by atoms with Crippen LogP contribution in [0.4, 0.5) is 0 Å².